The first kappa shape index (κ1) is 14.8. The second-order valence-electron chi connectivity index (χ2n) is 5.33. The second-order valence-corrected chi connectivity index (χ2v) is 6.20. The molecule has 3 rings (SSSR count). The minimum absolute atomic E-state index is 0.0171. The number of benzene rings is 1. The zero-order valence-electron chi connectivity index (χ0n) is 12.3. The average Bonchev–Trinajstić information content (AvgIpc) is 3.09. The molecule has 0 bridgehead atoms. The molecule has 0 unspecified atom stereocenters. The Morgan fingerprint density at radius 1 is 1.27 bits per heavy atom. The summed E-state index contributed by atoms with van der Waals surface area (Å²) in [7, 11) is 0. The molecule has 0 saturated carbocycles. The lowest BCUT2D eigenvalue weighted by Crippen LogP contribution is -2.44. The average molecular weight is 313 g/mol. The van der Waals surface area contributed by atoms with Crippen molar-refractivity contribution in [1.82, 2.24) is 10.3 Å². The summed E-state index contributed by atoms with van der Waals surface area (Å²) in [6.45, 7) is 1.89. The Labute approximate surface area is 134 Å². The molecule has 4 nitrogen and oxygen atoms in total. The number of rotatable bonds is 4. The Morgan fingerprint density at radius 3 is 2.73 bits per heavy atom. The highest BCUT2D eigenvalue weighted by atomic mass is 32.1. The summed E-state index contributed by atoms with van der Waals surface area (Å²) >= 11 is 1.67. The van der Waals surface area contributed by atoms with Crippen molar-refractivity contribution in [2.24, 2.45) is 0 Å². The van der Waals surface area contributed by atoms with Crippen molar-refractivity contribution in [3.05, 3.63) is 53.5 Å². The Bertz CT molecular complexity index is 617. The number of nitrogens with one attached hydrogen (secondary N) is 1. The number of piperidine rings is 1. The molecule has 1 aromatic carbocycles. The first-order valence-electron chi connectivity index (χ1n) is 7.49. The van der Waals surface area contributed by atoms with E-state index in [0.29, 0.717) is 0 Å². The molecule has 5 heteroatoms. The van der Waals surface area contributed by atoms with E-state index in [1.54, 1.807) is 17.4 Å². The van der Waals surface area contributed by atoms with Crippen LogP contribution in [0.5, 0.6) is 0 Å². The van der Waals surface area contributed by atoms with Crippen LogP contribution >= 0.6 is 11.3 Å². The first-order valence-corrected chi connectivity index (χ1v) is 8.37. The number of thiazole rings is 1. The van der Waals surface area contributed by atoms with Gasteiger partial charge in [0.05, 0.1) is 0 Å². The Kier molecular flexibility index (Phi) is 4.85. The largest absolute Gasteiger partial charge is 0.350 e. The van der Waals surface area contributed by atoms with E-state index in [4.69, 9.17) is 0 Å². The van der Waals surface area contributed by atoms with Crippen molar-refractivity contribution >= 4 is 28.5 Å². The van der Waals surface area contributed by atoms with Crippen LogP contribution in [0.4, 0.5) is 5.13 Å². The summed E-state index contributed by atoms with van der Waals surface area (Å²) in [5, 5.41) is 6.16. The van der Waals surface area contributed by atoms with Crippen LogP contribution in [0.2, 0.25) is 0 Å². The number of hydrogen-bond acceptors (Lipinski definition) is 4. The van der Waals surface area contributed by atoms with Crippen molar-refractivity contribution in [2.45, 2.75) is 18.9 Å². The van der Waals surface area contributed by atoms with Gasteiger partial charge < -0.3 is 10.2 Å². The highest BCUT2D eigenvalue weighted by Gasteiger charge is 2.21. The topological polar surface area (TPSA) is 45.2 Å². The van der Waals surface area contributed by atoms with Gasteiger partial charge in [-0.1, -0.05) is 30.3 Å². The summed E-state index contributed by atoms with van der Waals surface area (Å²) < 4.78 is 0. The molecule has 114 valence electrons. The van der Waals surface area contributed by atoms with Gasteiger partial charge in [-0.25, -0.2) is 4.98 Å². The van der Waals surface area contributed by atoms with E-state index >= 15 is 0 Å². The number of carbonyl (C=O) groups excluding carboxylic acids is 1. The van der Waals surface area contributed by atoms with Crippen LogP contribution in [0.1, 0.15) is 18.4 Å². The molecule has 0 aliphatic carbocycles. The quantitative estimate of drug-likeness (QED) is 0.883. The molecule has 1 amide bonds. The van der Waals surface area contributed by atoms with Crippen molar-refractivity contribution in [2.75, 3.05) is 18.0 Å². The van der Waals surface area contributed by atoms with E-state index in [-0.39, 0.29) is 11.9 Å². The number of aromatic nitrogens is 1. The third-order valence-corrected chi connectivity index (χ3v) is 4.59. The highest BCUT2D eigenvalue weighted by molar-refractivity contribution is 7.13. The predicted octanol–water partition coefficient (Wildman–Crippen LogP) is 2.94. The smallest absolute Gasteiger partial charge is 0.244 e. The van der Waals surface area contributed by atoms with Crippen LogP contribution in [0.25, 0.3) is 6.08 Å². The van der Waals surface area contributed by atoms with Gasteiger partial charge in [-0.2, -0.15) is 0 Å². The molecule has 1 N–H and O–H groups in total. The minimum Gasteiger partial charge on any atom is -0.350 e. The number of amides is 1. The van der Waals surface area contributed by atoms with E-state index < -0.39 is 0 Å². The van der Waals surface area contributed by atoms with E-state index in [1.807, 2.05) is 48.0 Å². The van der Waals surface area contributed by atoms with Crippen LogP contribution in [0, 0.1) is 0 Å². The molecule has 0 radical (unpaired) electrons. The van der Waals surface area contributed by atoms with Gasteiger partial charge in [-0.3, -0.25) is 4.79 Å². The SMILES string of the molecule is O=C(/C=C/c1ccccc1)NC1CCN(c2nccs2)CC1. The Balaban J connectivity index is 1.46. The highest BCUT2D eigenvalue weighted by Crippen LogP contribution is 2.21. The monoisotopic (exact) mass is 313 g/mol. The predicted molar refractivity (Wildman–Crippen MR) is 91.0 cm³/mol. The van der Waals surface area contributed by atoms with E-state index in [9.17, 15) is 4.79 Å². The van der Waals surface area contributed by atoms with Gasteiger partial charge in [0.1, 0.15) is 0 Å². The van der Waals surface area contributed by atoms with Gasteiger partial charge in [0.2, 0.25) is 5.91 Å². The van der Waals surface area contributed by atoms with Crippen LogP contribution in [0.15, 0.2) is 48.0 Å². The molecule has 22 heavy (non-hydrogen) atoms. The van der Waals surface area contributed by atoms with Gasteiger partial charge >= 0.3 is 0 Å². The summed E-state index contributed by atoms with van der Waals surface area (Å²) in [6.07, 6.45) is 7.22. The zero-order chi connectivity index (χ0) is 15.2. The zero-order valence-corrected chi connectivity index (χ0v) is 13.1. The van der Waals surface area contributed by atoms with Crippen LogP contribution in [0.3, 0.4) is 0 Å². The maximum absolute atomic E-state index is 12.0. The van der Waals surface area contributed by atoms with Gasteiger partial charge in [0, 0.05) is 36.8 Å². The number of anilines is 1. The lowest BCUT2D eigenvalue weighted by molar-refractivity contribution is -0.117. The minimum atomic E-state index is -0.0171. The first-order chi connectivity index (χ1) is 10.8. The van der Waals surface area contributed by atoms with Gasteiger partial charge in [-0.15, -0.1) is 11.3 Å². The van der Waals surface area contributed by atoms with Crippen molar-refractivity contribution < 1.29 is 4.79 Å². The maximum Gasteiger partial charge on any atom is 0.244 e. The fourth-order valence-electron chi connectivity index (χ4n) is 2.57. The molecular weight excluding hydrogens is 294 g/mol. The molecule has 1 aliphatic heterocycles. The van der Waals surface area contributed by atoms with E-state index in [0.717, 1.165) is 36.6 Å². The second kappa shape index (κ2) is 7.22. The molecule has 1 saturated heterocycles. The van der Waals surface area contributed by atoms with Crippen molar-refractivity contribution in [3.8, 4) is 0 Å². The van der Waals surface area contributed by atoms with E-state index in [2.05, 4.69) is 15.2 Å². The molecule has 2 aromatic rings. The van der Waals surface area contributed by atoms with Crippen molar-refractivity contribution in [1.29, 1.82) is 0 Å². The third-order valence-electron chi connectivity index (χ3n) is 3.76. The fourth-order valence-corrected chi connectivity index (χ4v) is 3.27. The molecule has 1 fully saturated rings. The molecule has 1 aromatic heterocycles. The number of nitrogens with zero attached hydrogens (tertiary/aromatic N) is 2. The third kappa shape index (κ3) is 3.95. The van der Waals surface area contributed by atoms with Crippen LogP contribution < -0.4 is 10.2 Å². The fraction of sp³-hybridized carbons (Fsp3) is 0.294. The van der Waals surface area contributed by atoms with Gasteiger partial charge in [0.25, 0.3) is 0 Å². The normalized spacial score (nSPS) is 16.1. The number of carbonyl (C=O) groups is 1. The summed E-state index contributed by atoms with van der Waals surface area (Å²) in [4.78, 5) is 18.6. The molecule has 2 heterocycles. The van der Waals surface area contributed by atoms with Crippen molar-refractivity contribution in [3.63, 3.8) is 0 Å². The van der Waals surface area contributed by atoms with E-state index in [1.165, 1.54) is 0 Å². The van der Waals surface area contributed by atoms with Gasteiger partial charge in [0.15, 0.2) is 5.13 Å². The van der Waals surface area contributed by atoms with Crippen LogP contribution in [-0.2, 0) is 4.79 Å². The lowest BCUT2D eigenvalue weighted by Gasteiger charge is -2.31. The molecular formula is C17H19N3OS. The standard InChI is InChI=1S/C17H19N3OS/c21-16(7-6-14-4-2-1-3-5-14)19-15-8-11-20(12-9-15)17-18-10-13-22-17/h1-7,10,13,15H,8-9,11-12H2,(H,19,21)/b7-6+. The summed E-state index contributed by atoms with van der Waals surface area (Å²) in [6, 6.07) is 10.1. The Hall–Kier alpha value is -2.14. The number of hydrogen-bond donors (Lipinski definition) is 1. The molecule has 0 atom stereocenters. The van der Waals surface area contributed by atoms with Gasteiger partial charge in [-0.05, 0) is 24.5 Å². The molecule has 0 spiro atoms. The summed E-state index contributed by atoms with van der Waals surface area (Å²) in [5.74, 6) is -0.0171. The Morgan fingerprint density at radius 2 is 2.05 bits per heavy atom. The van der Waals surface area contributed by atoms with Crippen LogP contribution in [-0.4, -0.2) is 30.0 Å². The summed E-state index contributed by atoms with van der Waals surface area (Å²) in [5.41, 5.74) is 1.04. The maximum atomic E-state index is 12.0. The lowest BCUT2D eigenvalue weighted by atomic mass is 10.1. The molecule has 1 aliphatic rings.